The van der Waals surface area contributed by atoms with Gasteiger partial charge in [-0.05, 0) is 48.8 Å². The molecule has 198 valence electrons. The van der Waals surface area contributed by atoms with Crippen molar-refractivity contribution in [2.75, 3.05) is 62.5 Å². The summed E-state index contributed by atoms with van der Waals surface area (Å²) in [5.74, 6) is 1.00. The SMILES string of the molecule is COC(=O)CCS(=O)(=O)N(CCS(C)(C)C)c1nnc(-c2ccco2)n1-c1c(OC)cccc1OC. The van der Waals surface area contributed by atoms with Crippen LogP contribution >= 0.6 is 10.0 Å². The van der Waals surface area contributed by atoms with Gasteiger partial charge in [-0.15, -0.1) is 10.2 Å². The van der Waals surface area contributed by atoms with Gasteiger partial charge in [-0.1, -0.05) is 6.07 Å². The van der Waals surface area contributed by atoms with E-state index in [1.165, 1.54) is 31.9 Å². The second kappa shape index (κ2) is 11.2. The van der Waals surface area contributed by atoms with Gasteiger partial charge >= 0.3 is 5.97 Å². The molecule has 1 aromatic carbocycles. The predicted octanol–water partition coefficient (Wildman–Crippen LogP) is 2.94. The molecule has 0 N–H and O–H groups in total. The van der Waals surface area contributed by atoms with E-state index in [4.69, 9.17) is 13.9 Å². The van der Waals surface area contributed by atoms with Crippen LogP contribution in [0.5, 0.6) is 11.5 Å². The fourth-order valence-electron chi connectivity index (χ4n) is 3.41. The molecule has 0 radical (unpaired) electrons. The van der Waals surface area contributed by atoms with Crippen molar-refractivity contribution >= 4 is 32.0 Å². The van der Waals surface area contributed by atoms with Crippen molar-refractivity contribution in [1.82, 2.24) is 14.8 Å². The molecule has 0 aliphatic carbocycles. The van der Waals surface area contributed by atoms with Gasteiger partial charge in [0.15, 0.2) is 5.76 Å². The second-order valence-electron chi connectivity index (χ2n) is 8.66. The van der Waals surface area contributed by atoms with Gasteiger partial charge < -0.3 is 18.6 Å². The summed E-state index contributed by atoms with van der Waals surface area (Å²) in [5, 5.41) is 8.59. The Morgan fingerprint density at radius 2 is 1.67 bits per heavy atom. The third-order valence-electron chi connectivity index (χ3n) is 5.27. The normalized spacial score (nSPS) is 12.3. The zero-order valence-corrected chi connectivity index (χ0v) is 22.9. The number of para-hydroxylation sites is 1. The molecular weight excluding hydrogens is 508 g/mol. The lowest BCUT2D eigenvalue weighted by molar-refractivity contribution is -0.140. The monoisotopic (exact) mass is 540 g/mol. The van der Waals surface area contributed by atoms with Gasteiger partial charge in [0.2, 0.25) is 21.8 Å². The molecule has 0 fully saturated rings. The number of carbonyl (C=O) groups excluding carboxylic acids is 1. The molecule has 36 heavy (non-hydrogen) atoms. The summed E-state index contributed by atoms with van der Waals surface area (Å²) in [7, 11) is -0.880. The molecule has 0 saturated heterocycles. The zero-order chi connectivity index (χ0) is 26.5. The van der Waals surface area contributed by atoms with Crippen molar-refractivity contribution in [3.8, 4) is 28.8 Å². The number of nitrogens with zero attached hydrogens (tertiary/aromatic N) is 4. The first kappa shape index (κ1) is 27.4. The third kappa shape index (κ3) is 6.13. The number of hydrogen-bond acceptors (Lipinski definition) is 9. The van der Waals surface area contributed by atoms with Crippen LogP contribution < -0.4 is 13.8 Å². The van der Waals surface area contributed by atoms with Crippen LogP contribution in [0, 0.1) is 0 Å². The van der Waals surface area contributed by atoms with E-state index in [1.807, 2.05) is 0 Å². The number of anilines is 1. The third-order valence-corrected chi connectivity index (χ3v) is 8.42. The number of carbonyl (C=O) groups is 1. The van der Waals surface area contributed by atoms with Gasteiger partial charge in [0.25, 0.3) is 0 Å². The van der Waals surface area contributed by atoms with E-state index in [1.54, 1.807) is 34.9 Å². The van der Waals surface area contributed by atoms with E-state index in [0.717, 1.165) is 0 Å². The Labute approximate surface area is 212 Å². The number of hydrogen-bond donors (Lipinski definition) is 0. The Balaban J connectivity index is 2.27. The maximum absolute atomic E-state index is 13.6. The number of methoxy groups -OCH3 is 3. The number of rotatable bonds is 12. The number of esters is 1. The smallest absolute Gasteiger partial charge is 0.306 e. The minimum absolute atomic E-state index is 0.0257. The van der Waals surface area contributed by atoms with E-state index in [0.29, 0.717) is 28.7 Å². The fourth-order valence-corrected chi connectivity index (χ4v) is 5.63. The topological polar surface area (TPSA) is 126 Å². The molecule has 0 aliphatic rings. The van der Waals surface area contributed by atoms with Crippen molar-refractivity contribution in [3.63, 3.8) is 0 Å². The summed E-state index contributed by atoms with van der Waals surface area (Å²) < 4.78 is 51.4. The van der Waals surface area contributed by atoms with Crippen molar-refractivity contribution < 1.29 is 31.8 Å². The van der Waals surface area contributed by atoms with Crippen LogP contribution in [-0.4, -0.2) is 87.3 Å². The average molecular weight is 541 g/mol. The maximum atomic E-state index is 13.6. The number of ether oxygens (including phenoxy) is 3. The quantitative estimate of drug-likeness (QED) is 0.319. The molecule has 2 heterocycles. The lowest BCUT2D eigenvalue weighted by atomic mass is 10.2. The molecule has 0 amide bonds. The van der Waals surface area contributed by atoms with E-state index in [2.05, 4.69) is 33.7 Å². The second-order valence-corrected chi connectivity index (χ2v) is 15.3. The molecule has 11 nitrogen and oxygen atoms in total. The highest BCUT2D eigenvalue weighted by Crippen LogP contribution is 2.40. The Morgan fingerprint density at radius 3 is 2.19 bits per heavy atom. The molecule has 3 rings (SSSR count). The highest BCUT2D eigenvalue weighted by atomic mass is 32.3. The minimum atomic E-state index is -4.02. The van der Waals surface area contributed by atoms with Gasteiger partial charge in [-0.3, -0.25) is 9.36 Å². The minimum Gasteiger partial charge on any atom is -0.494 e. The van der Waals surface area contributed by atoms with Crippen LogP contribution in [0.1, 0.15) is 6.42 Å². The Hall–Kier alpha value is -3.19. The molecule has 2 aromatic heterocycles. The van der Waals surface area contributed by atoms with E-state index in [-0.39, 0.29) is 24.7 Å². The van der Waals surface area contributed by atoms with Crippen molar-refractivity contribution in [3.05, 3.63) is 36.6 Å². The predicted molar refractivity (Wildman–Crippen MR) is 140 cm³/mol. The highest BCUT2D eigenvalue weighted by Gasteiger charge is 2.33. The Morgan fingerprint density at radius 1 is 1.00 bits per heavy atom. The van der Waals surface area contributed by atoms with E-state index in [9.17, 15) is 13.2 Å². The summed E-state index contributed by atoms with van der Waals surface area (Å²) in [4.78, 5) is 11.8. The maximum Gasteiger partial charge on any atom is 0.306 e. The fraction of sp³-hybridized carbons (Fsp3) is 0.435. The molecule has 0 spiro atoms. The van der Waals surface area contributed by atoms with Gasteiger partial charge in [-0.25, -0.2) is 22.8 Å². The van der Waals surface area contributed by atoms with Crippen molar-refractivity contribution in [1.29, 1.82) is 0 Å². The lowest BCUT2D eigenvalue weighted by Crippen LogP contribution is -2.38. The summed E-state index contributed by atoms with van der Waals surface area (Å²) in [6, 6.07) is 8.60. The standard InChI is InChI=1S/C23H32N4O7S2/c1-31-17-9-7-10-18(32-2)21(17)27-22(19-11-8-14-34-19)24-25-23(27)26(13-16-35(4,5)6)36(29,30)15-12-20(28)33-3/h7-11,14H,12-13,15-16H2,1-6H3. The molecule has 0 bridgehead atoms. The van der Waals surface area contributed by atoms with Gasteiger partial charge in [0.1, 0.15) is 17.2 Å². The number of aromatic nitrogens is 3. The molecule has 0 unspecified atom stereocenters. The molecular formula is C23H32N4O7S2. The summed E-state index contributed by atoms with van der Waals surface area (Å²) in [5.41, 5.74) is 0.408. The van der Waals surface area contributed by atoms with E-state index >= 15 is 0 Å². The molecule has 13 heteroatoms. The summed E-state index contributed by atoms with van der Waals surface area (Å²) >= 11 is 0. The largest absolute Gasteiger partial charge is 0.494 e. The van der Waals surface area contributed by atoms with Crippen LogP contribution in [0.2, 0.25) is 0 Å². The highest BCUT2D eigenvalue weighted by molar-refractivity contribution is 8.32. The Bertz CT molecular complexity index is 1260. The number of furan rings is 1. The first-order valence-electron chi connectivity index (χ1n) is 11.0. The van der Waals surface area contributed by atoms with Crippen LogP contribution in [0.15, 0.2) is 41.0 Å². The van der Waals surface area contributed by atoms with Crippen LogP contribution in [0.4, 0.5) is 5.95 Å². The van der Waals surface area contributed by atoms with Crippen molar-refractivity contribution in [2.24, 2.45) is 0 Å². The molecule has 0 saturated carbocycles. The number of sulfonamides is 1. The zero-order valence-electron chi connectivity index (χ0n) is 21.3. The first-order chi connectivity index (χ1) is 17.0. The summed E-state index contributed by atoms with van der Waals surface area (Å²) in [6.07, 6.45) is 7.47. The molecule has 0 atom stereocenters. The average Bonchev–Trinajstić information content (AvgIpc) is 3.51. The van der Waals surface area contributed by atoms with E-state index < -0.39 is 31.8 Å². The molecule has 0 aliphatic heterocycles. The first-order valence-corrected chi connectivity index (χ1v) is 15.6. The van der Waals surface area contributed by atoms with Crippen LogP contribution in [0.3, 0.4) is 0 Å². The Kier molecular flexibility index (Phi) is 8.56. The van der Waals surface area contributed by atoms with Gasteiger partial charge in [0, 0.05) is 6.54 Å². The van der Waals surface area contributed by atoms with Crippen LogP contribution in [0.25, 0.3) is 17.3 Å². The van der Waals surface area contributed by atoms with Gasteiger partial charge in [-0.2, -0.15) is 0 Å². The summed E-state index contributed by atoms with van der Waals surface area (Å²) in [6.45, 7) is 0.135. The molecule has 3 aromatic rings. The lowest BCUT2D eigenvalue weighted by Gasteiger charge is -2.30. The number of benzene rings is 1. The van der Waals surface area contributed by atoms with Crippen molar-refractivity contribution in [2.45, 2.75) is 6.42 Å². The van der Waals surface area contributed by atoms with Gasteiger partial charge in [0.05, 0.1) is 39.8 Å². The van der Waals surface area contributed by atoms with Crippen LogP contribution in [-0.2, 0) is 19.6 Å².